The molecule has 1 saturated heterocycles. The third-order valence-electron chi connectivity index (χ3n) is 6.20. The van der Waals surface area contributed by atoms with Crippen LogP contribution >= 0.6 is 0 Å². The number of amides is 2. The summed E-state index contributed by atoms with van der Waals surface area (Å²) in [6.45, 7) is 1.83. The topological polar surface area (TPSA) is 178 Å². The first-order valence-electron chi connectivity index (χ1n) is 11.5. The molecule has 2 aromatic heterocycles. The summed E-state index contributed by atoms with van der Waals surface area (Å²) >= 11 is 0. The van der Waals surface area contributed by atoms with Crippen molar-refractivity contribution in [3.63, 3.8) is 0 Å². The highest BCUT2D eigenvalue weighted by atomic mass is 16.6. The van der Waals surface area contributed by atoms with E-state index in [1.807, 2.05) is 19.1 Å². The van der Waals surface area contributed by atoms with Crippen molar-refractivity contribution in [2.24, 2.45) is 0 Å². The van der Waals surface area contributed by atoms with Crippen molar-refractivity contribution >= 4 is 34.5 Å². The maximum absolute atomic E-state index is 13.0. The summed E-state index contributed by atoms with van der Waals surface area (Å²) in [5.74, 6) is -0.659. The van der Waals surface area contributed by atoms with Gasteiger partial charge in [0.2, 0.25) is 0 Å². The quantitative estimate of drug-likeness (QED) is 0.257. The third-order valence-corrected chi connectivity index (χ3v) is 6.20. The molecule has 2 amide bonds. The summed E-state index contributed by atoms with van der Waals surface area (Å²) in [5.41, 5.74) is 8.56. The fraction of sp³-hybridized carbons (Fsp3) is 0.240. The first-order valence-corrected chi connectivity index (χ1v) is 11.5. The van der Waals surface area contributed by atoms with Crippen molar-refractivity contribution < 1.29 is 24.5 Å². The minimum Gasteiger partial charge on any atom is -0.387 e. The van der Waals surface area contributed by atoms with E-state index in [0.717, 1.165) is 5.56 Å². The van der Waals surface area contributed by atoms with Crippen molar-refractivity contribution in [3.8, 4) is 0 Å². The van der Waals surface area contributed by atoms with Crippen LogP contribution in [0.3, 0.4) is 0 Å². The zero-order valence-corrected chi connectivity index (χ0v) is 19.8. The number of ether oxygens (including phenoxy) is 1. The van der Waals surface area contributed by atoms with E-state index < -0.39 is 30.4 Å². The number of aromatic nitrogens is 4. The van der Waals surface area contributed by atoms with E-state index >= 15 is 0 Å². The normalized spacial score (nSPS) is 21.2. The molecule has 1 fully saturated rings. The molecule has 12 heteroatoms. The van der Waals surface area contributed by atoms with Gasteiger partial charge in [0.1, 0.15) is 30.2 Å². The summed E-state index contributed by atoms with van der Waals surface area (Å²) in [5, 5.41) is 26.7. The SMILES string of the molecule is Cc1ccc(C(=O)Nc2ccccc2C(=O)NCC2OC(n3cnc4c(N)ncnc43)C(O)C2O)cc1. The van der Waals surface area contributed by atoms with Crippen LogP contribution < -0.4 is 16.4 Å². The molecule has 4 unspecified atom stereocenters. The number of hydrogen-bond acceptors (Lipinski definition) is 9. The molecule has 4 aromatic rings. The van der Waals surface area contributed by atoms with Gasteiger partial charge in [-0.3, -0.25) is 14.2 Å². The Morgan fingerprint density at radius 2 is 1.78 bits per heavy atom. The lowest BCUT2D eigenvalue weighted by Crippen LogP contribution is -2.40. The minimum atomic E-state index is -1.31. The number of nitrogens with zero attached hydrogens (tertiary/aromatic N) is 4. The van der Waals surface area contributed by atoms with Crippen LogP contribution in [-0.4, -0.2) is 66.4 Å². The Kier molecular flexibility index (Phi) is 6.53. The number of aliphatic hydroxyl groups is 2. The second-order valence-corrected chi connectivity index (χ2v) is 8.71. The minimum absolute atomic E-state index is 0.0996. The van der Waals surface area contributed by atoms with Gasteiger partial charge in [-0.25, -0.2) is 15.0 Å². The van der Waals surface area contributed by atoms with Gasteiger partial charge in [-0.2, -0.15) is 0 Å². The Bertz CT molecular complexity index is 1460. The molecule has 4 atom stereocenters. The predicted molar refractivity (Wildman–Crippen MR) is 134 cm³/mol. The fourth-order valence-corrected chi connectivity index (χ4v) is 4.16. The lowest BCUT2D eigenvalue weighted by atomic mass is 10.1. The van der Waals surface area contributed by atoms with Crippen LogP contribution in [0.5, 0.6) is 0 Å². The van der Waals surface area contributed by atoms with Crippen LogP contribution in [0.2, 0.25) is 0 Å². The number of carbonyl (C=O) groups is 2. The van der Waals surface area contributed by atoms with Gasteiger partial charge in [0.15, 0.2) is 17.7 Å². The lowest BCUT2D eigenvalue weighted by molar-refractivity contribution is -0.0337. The van der Waals surface area contributed by atoms with Crippen LogP contribution in [0, 0.1) is 6.92 Å². The van der Waals surface area contributed by atoms with Crippen LogP contribution in [0.4, 0.5) is 11.5 Å². The molecule has 0 spiro atoms. The molecule has 0 aliphatic carbocycles. The van der Waals surface area contributed by atoms with Gasteiger partial charge in [-0.15, -0.1) is 0 Å². The summed E-state index contributed by atoms with van der Waals surface area (Å²) in [7, 11) is 0. The molecule has 190 valence electrons. The second kappa shape index (κ2) is 9.93. The van der Waals surface area contributed by atoms with Crippen molar-refractivity contribution in [2.45, 2.75) is 31.5 Å². The van der Waals surface area contributed by atoms with Crippen molar-refractivity contribution in [3.05, 3.63) is 77.9 Å². The molecule has 0 saturated carbocycles. The molecular weight excluding hydrogens is 478 g/mol. The number of imidazole rings is 1. The number of aliphatic hydroxyl groups excluding tert-OH is 2. The van der Waals surface area contributed by atoms with Gasteiger partial charge in [-0.05, 0) is 31.2 Å². The number of benzene rings is 2. The van der Waals surface area contributed by atoms with Gasteiger partial charge in [0.25, 0.3) is 11.8 Å². The monoisotopic (exact) mass is 503 g/mol. The highest BCUT2D eigenvalue weighted by molar-refractivity contribution is 6.09. The van der Waals surface area contributed by atoms with Gasteiger partial charge in [-0.1, -0.05) is 29.8 Å². The average molecular weight is 504 g/mol. The third kappa shape index (κ3) is 4.72. The van der Waals surface area contributed by atoms with E-state index in [1.54, 1.807) is 36.4 Å². The van der Waals surface area contributed by atoms with E-state index in [9.17, 15) is 19.8 Å². The molecule has 12 nitrogen and oxygen atoms in total. The Hall–Kier alpha value is -4.39. The Morgan fingerprint density at radius 3 is 2.57 bits per heavy atom. The smallest absolute Gasteiger partial charge is 0.255 e. The molecule has 0 bridgehead atoms. The highest BCUT2D eigenvalue weighted by Crippen LogP contribution is 2.31. The Morgan fingerprint density at radius 1 is 1.03 bits per heavy atom. The summed E-state index contributed by atoms with van der Waals surface area (Å²) in [6.07, 6.45) is -1.87. The molecule has 0 radical (unpaired) electrons. The summed E-state index contributed by atoms with van der Waals surface area (Å²) in [4.78, 5) is 37.8. The van der Waals surface area contributed by atoms with Crippen LogP contribution in [-0.2, 0) is 4.74 Å². The predicted octanol–water partition coefficient (Wildman–Crippen LogP) is 1.02. The highest BCUT2D eigenvalue weighted by Gasteiger charge is 2.44. The maximum atomic E-state index is 13.0. The van der Waals surface area contributed by atoms with E-state index in [-0.39, 0.29) is 23.8 Å². The fourth-order valence-electron chi connectivity index (χ4n) is 4.16. The number of nitrogens with two attached hydrogens (primary N) is 1. The number of hydrogen-bond donors (Lipinski definition) is 5. The number of rotatable bonds is 6. The van der Waals surface area contributed by atoms with E-state index in [0.29, 0.717) is 22.4 Å². The number of fused-ring (bicyclic) bond motifs is 1. The molecule has 3 heterocycles. The molecule has 1 aliphatic rings. The molecule has 5 rings (SSSR count). The number of nitrogens with one attached hydrogen (secondary N) is 2. The van der Waals surface area contributed by atoms with Crippen LogP contribution in [0.25, 0.3) is 11.2 Å². The molecule has 6 N–H and O–H groups in total. The second-order valence-electron chi connectivity index (χ2n) is 8.71. The zero-order valence-electron chi connectivity index (χ0n) is 19.8. The van der Waals surface area contributed by atoms with Crippen molar-refractivity contribution in [2.75, 3.05) is 17.6 Å². The van der Waals surface area contributed by atoms with E-state index in [4.69, 9.17) is 10.5 Å². The molecule has 37 heavy (non-hydrogen) atoms. The number of para-hydroxylation sites is 1. The van der Waals surface area contributed by atoms with Crippen LogP contribution in [0.15, 0.2) is 61.2 Å². The van der Waals surface area contributed by atoms with E-state index in [2.05, 4.69) is 25.6 Å². The van der Waals surface area contributed by atoms with Gasteiger partial charge >= 0.3 is 0 Å². The maximum Gasteiger partial charge on any atom is 0.255 e. The number of aryl methyl sites for hydroxylation is 1. The van der Waals surface area contributed by atoms with Crippen molar-refractivity contribution in [1.29, 1.82) is 0 Å². The van der Waals surface area contributed by atoms with Gasteiger partial charge in [0.05, 0.1) is 17.6 Å². The molecule has 1 aliphatic heterocycles. The van der Waals surface area contributed by atoms with Crippen molar-refractivity contribution in [1.82, 2.24) is 24.8 Å². The molecular formula is C25H25N7O5. The molecule has 2 aromatic carbocycles. The lowest BCUT2D eigenvalue weighted by Gasteiger charge is -2.17. The average Bonchev–Trinajstić information content (AvgIpc) is 3.45. The zero-order chi connectivity index (χ0) is 26.1. The number of anilines is 2. The van der Waals surface area contributed by atoms with E-state index in [1.165, 1.54) is 17.2 Å². The number of nitrogen functional groups attached to an aromatic ring is 1. The Labute approximate surface area is 211 Å². The van der Waals surface area contributed by atoms with Gasteiger partial charge < -0.3 is 31.3 Å². The first kappa shape index (κ1) is 24.3. The summed E-state index contributed by atoms with van der Waals surface area (Å²) < 4.78 is 7.32. The van der Waals surface area contributed by atoms with Crippen LogP contribution in [0.1, 0.15) is 32.5 Å². The summed E-state index contributed by atoms with van der Waals surface area (Å²) in [6, 6.07) is 13.7. The largest absolute Gasteiger partial charge is 0.387 e. The van der Waals surface area contributed by atoms with Gasteiger partial charge in [0, 0.05) is 12.1 Å². The number of carbonyl (C=O) groups excluding carboxylic acids is 2. The first-order chi connectivity index (χ1) is 17.8. The standard InChI is InChI=1S/C25H25N7O5/c1-13-6-8-14(9-7-13)23(35)31-16-5-3-2-4-15(16)24(36)27-10-17-19(33)20(34)25(37-17)32-12-30-18-21(26)28-11-29-22(18)32/h2-9,11-12,17,19-20,25,33-34H,10H2,1H3,(H,27,36)(H,31,35)(H2,26,28,29). The Balaban J connectivity index is 1.27.